The van der Waals surface area contributed by atoms with Gasteiger partial charge >= 0.3 is 11.7 Å². The van der Waals surface area contributed by atoms with Crippen molar-refractivity contribution >= 4 is 17.4 Å². The third-order valence-electron chi connectivity index (χ3n) is 4.40. The van der Waals surface area contributed by atoms with E-state index in [1.807, 2.05) is 12.1 Å². The number of urea groups is 1. The maximum Gasteiger partial charge on any atom is 0.350 e. The Balaban J connectivity index is 1.43. The monoisotopic (exact) mass is 391 g/mol. The Labute approximate surface area is 165 Å². The van der Waals surface area contributed by atoms with Crippen LogP contribution in [0.5, 0.6) is 0 Å². The van der Waals surface area contributed by atoms with Gasteiger partial charge in [-0.1, -0.05) is 36.4 Å². The van der Waals surface area contributed by atoms with Crippen LogP contribution >= 0.6 is 0 Å². The van der Waals surface area contributed by atoms with Gasteiger partial charge in [-0.15, -0.1) is 5.10 Å². The molecule has 0 aliphatic heterocycles. The number of rotatable bonds is 5. The topological polar surface area (TPSA) is 80.4 Å². The fourth-order valence-electron chi connectivity index (χ4n) is 2.98. The van der Waals surface area contributed by atoms with E-state index in [0.29, 0.717) is 16.9 Å². The Hall–Kier alpha value is -3.94. The van der Waals surface area contributed by atoms with Gasteiger partial charge < -0.3 is 10.6 Å². The van der Waals surface area contributed by atoms with Crippen molar-refractivity contribution in [3.05, 3.63) is 100 Å². The lowest BCUT2D eigenvalue weighted by atomic mass is 10.2. The minimum Gasteiger partial charge on any atom is -0.334 e. The number of carbonyl (C=O) groups excluding carboxylic acids is 1. The van der Waals surface area contributed by atoms with Gasteiger partial charge in [0.2, 0.25) is 0 Å². The molecule has 29 heavy (non-hydrogen) atoms. The van der Waals surface area contributed by atoms with Gasteiger partial charge in [-0.2, -0.15) is 0 Å². The predicted octanol–water partition coefficient (Wildman–Crippen LogP) is 3.01. The summed E-state index contributed by atoms with van der Waals surface area (Å²) in [5, 5.41) is 9.64. The number of hydrogen-bond acceptors (Lipinski definition) is 3. The fraction of sp³-hybridized carbons (Fsp3) is 0.0952. The fourth-order valence-corrected chi connectivity index (χ4v) is 2.98. The van der Waals surface area contributed by atoms with Gasteiger partial charge in [-0.05, 0) is 35.9 Å². The molecule has 0 aliphatic carbocycles. The van der Waals surface area contributed by atoms with Crippen LogP contribution in [0.3, 0.4) is 0 Å². The molecule has 4 rings (SSSR count). The van der Waals surface area contributed by atoms with Crippen LogP contribution in [0.15, 0.2) is 77.7 Å². The normalized spacial score (nSPS) is 10.8. The first-order valence-corrected chi connectivity index (χ1v) is 9.01. The largest absolute Gasteiger partial charge is 0.350 e. The maximum absolute atomic E-state index is 13.6. The van der Waals surface area contributed by atoms with Crippen molar-refractivity contribution in [2.45, 2.75) is 13.1 Å². The summed E-state index contributed by atoms with van der Waals surface area (Å²) in [6.07, 6.45) is 1.67. The van der Waals surface area contributed by atoms with Gasteiger partial charge in [-0.3, -0.25) is 4.40 Å². The van der Waals surface area contributed by atoms with Crippen LogP contribution in [0, 0.1) is 5.82 Å². The van der Waals surface area contributed by atoms with Crippen molar-refractivity contribution in [2.75, 3.05) is 5.32 Å². The minimum absolute atomic E-state index is 0.0782. The Kier molecular flexibility index (Phi) is 5.07. The lowest BCUT2D eigenvalue weighted by Gasteiger charge is -2.09. The highest BCUT2D eigenvalue weighted by molar-refractivity contribution is 5.89. The molecule has 0 aliphatic rings. The molecule has 0 fully saturated rings. The predicted molar refractivity (Wildman–Crippen MR) is 107 cm³/mol. The van der Waals surface area contributed by atoms with Gasteiger partial charge in [0.05, 0.1) is 6.54 Å². The molecule has 4 aromatic rings. The van der Waals surface area contributed by atoms with Crippen LogP contribution in [-0.4, -0.2) is 20.2 Å². The molecule has 7 nitrogen and oxygen atoms in total. The number of nitrogens with one attached hydrogen (secondary N) is 2. The third-order valence-corrected chi connectivity index (χ3v) is 4.40. The van der Waals surface area contributed by atoms with E-state index in [4.69, 9.17) is 0 Å². The Bertz CT molecular complexity index is 1230. The Morgan fingerprint density at radius 1 is 1.03 bits per heavy atom. The molecule has 2 heterocycles. The molecule has 8 heteroatoms. The van der Waals surface area contributed by atoms with Gasteiger partial charge in [0, 0.05) is 24.0 Å². The summed E-state index contributed by atoms with van der Waals surface area (Å²) in [4.78, 5) is 24.5. The van der Waals surface area contributed by atoms with Crippen molar-refractivity contribution in [1.82, 2.24) is 19.5 Å². The average molecular weight is 391 g/mol. The molecule has 0 saturated heterocycles. The highest BCUT2D eigenvalue weighted by atomic mass is 19.1. The molecular weight excluding hydrogens is 373 g/mol. The number of anilines is 1. The van der Waals surface area contributed by atoms with Crippen LogP contribution in [-0.2, 0) is 13.1 Å². The van der Waals surface area contributed by atoms with Crippen molar-refractivity contribution < 1.29 is 9.18 Å². The van der Waals surface area contributed by atoms with Crippen LogP contribution in [0.2, 0.25) is 0 Å². The molecule has 0 bridgehead atoms. The second-order valence-electron chi connectivity index (χ2n) is 6.47. The van der Waals surface area contributed by atoms with E-state index in [1.54, 1.807) is 54.7 Å². The van der Waals surface area contributed by atoms with Crippen LogP contribution in [0.4, 0.5) is 14.9 Å². The van der Waals surface area contributed by atoms with Gasteiger partial charge in [0.25, 0.3) is 0 Å². The Morgan fingerprint density at radius 2 is 1.86 bits per heavy atom. The first-order chi connectivity index (χ1) is 14.1. The second-order valence-corrected chi connectivity index (χ2v) is 6.47. The molecule has 0 unspecified atom stereocenters. The highest BCUT2D eigenvalue weighted by Gasteiger charge is 2.08. The zero-order chi connectivity index (χ0) is 20.2. The first-order valence-electron chi connectivity index (χ1n) is 9.01. The summed E-state index contributed by atoms with van der Waals surface area (Å²) in [6, 6.07) is 18.3. The second kappa shape index (κ2) is 7.97. The highest BCUT2D eigenvalue weighted by Crippen LogP contribution is 2.12. The molecule has 0 radical (unpaired) electrons. The van der Waals surface area contributed by atoms with E-state index in [1.165, 1.54) is 15.1 Å². The smallest absolute Gasteiger partial charge is 0.334 e. The molecular formula is C21H18FN5O2. The number of amides is 2. The van der Waals surface area contributed by atoms with E-state index >= 15 is 0 Å². The van der Waals surface area contributed by atoms with Gasteiger partial charge in [0.1, 0.15) is 5.82 Å². The lowest BCUT2D eigenvalue weighted by molar-refractivity contribution is 0.251. The van der Waals surface area contributed by atoms with Gasteiger partial charge in [-0.25, -0.2) is 18.7 Å². The third kappa shape index (κ3) is 4.16. The van der Waals surface area contributed by atoms with E-state index in [-0.39, 0.29) is 24.6 Å². The molecule has 2 N–H and O–H groups in total. The molecule has 0 saturated carbocycles. The molecule has 2 aromatic carbocycles. The van der Waals surface area contributed by atoms with Crippen molar-refractivity contribution in [3.63, 3.8) is 0 Å². The molecule has 2 aromatic heterocycles. The van der Waals surface area contributed by atoms with E-state index in [9.17, 15) is 14.0 Å². The summed E-state index contributed by atoms with van der Waals surface area (Å²) in [5.74, 6) is -0.368. The zero-order valence-corrected chi connectivity index (χ0v) is 15.4. The maximum atomic E-state index is 13.6. The summed E-state index contributed by atoms with van der Waals surface area (Å²) in [7, 11) is 0. The summed E-state index contributed by atoms with van der Waals surface area (Å²) >= 11 is 0. The van der Waals surface area contributed by atoms with Crippen LogP contribution < -0.4 is 16.3 Å². The van der Waals surface area contributed by atoms with Gasteiger partial charge in [0.15, 0.2) is 5.65 Å². The molecule has 0 spiro atoms. The number of pyridine rings is 1. The number of fused-ring (bicyclic) bond motifs is 1. The summed E-state index contributed by atoms with van der Waals surface area (Å²) in [5.41, 5.74) is 2.11. The number of aromatic nitrogens is 3. The molecule has 2 amide bonds. The Morgan fingerprint density at radius 3 is 2.69 bits per heavy atom. The summed E-state index contributed by atoms with van der Waals surface area (Å²) < 4.78 is 16.5. The number of carbonyl (C=O) groups is 1. The van der Waals surface area contributed by atoms with Crippen LogP contribution in [0.25, 0.3) is 5.65 Å². The zero-order valence-electron chi connectivity index (χ0n) is 15.4. The van der Waals surface area contributed by atoms with Crippen molar-refractivity contribution in [1.29, 1.82) is 0 Å². The number of benzene rings is 2. The summed E-state index contributed by atoms with van der Waals surface area (Å²) in [6.45, 7) is 0.349. The average Bonchev–Trinajstić information content (AvgIpc) is 3.03. The van der Waals surface area contributed by atoms with E-state index < -0.39 is 6.03 Å². The van der Waals surface area contributed by atoms with E-state index in [2.05, 4.69) is 15.7 Å². The number of halogens is 1. The lowest BCUT2D eigenvalue weighted by Crippen LogP contribution is -2.28. The quantitative estimate of drug-likeness (QED) is 0.549. The molecule has 0 atom stereocenters. The number of hydrogen-bond donors (Lipinski definition) is 2. The van der Waals surface area contributed by atoms with Crippen LogP contribution in [0.1, 0.15) is 11.1 Å². The first kappa shape index (κ1) is 18.4. The molecule has 146 valence electrons. The minimum atomic E-state index is -0.449. The van der Waals surface area contributed by atoms with Crippen molar-refractivity contribution in [2.24, 2.45) is 0 Å². The van der Waals surface area contributed by atoms with Crippen molar-refractivity contribution in [3.8, 4) is 0 Å². The SMILES string of the molecule is O=C(NCc1ccccc1F)Nc1cccc(Cn2nc3ccccn3c2=O)c1. The van der Waals surface area contributed by atoms with E-state index in [0.717, 1.165) is 5.56 Å². The number of nitrogens with zero attached hydrogens (tertiary/aromatic N) is 3. The standard InChI is InChI=1S/C21H18FN5O2/c22-18-9-2-1-7-16(18)13-23-20(28)24-17-8-5-6-15(12-17)14-27-21(29)26-11-4-3-10-19(26)25-27/h1-12H,13-14H2,(H2,23,24,28).